The molecular formula is C35H44N2O5. The minimum Gasteiger partial charge on any atom is -0.481 e. The fourth-order valence-corrected chi connectivity index (χ4v) is 5.17. The highest BCUT2D eigenvalue weighted by Gasteiger charge is 2.36. The number of carbonyl (C=O) groups excluding carboxylic acids is 2. The summed E-state index contributed by atoms with van der Waals surface area (Å²) in [6, 6.07) is 24.7. The van der Waals surface area contributed by atoms with Crippen molar-refractivity contribution in [2.45, 2.75) is 65.5 Å². The molecule has 0 bridgehead atoms. The third kappa shape index (κ3) is 9.55. The van der Waals surface area contributed by atoms with Crippen molar-refractivity contribution in [3.05, 3.63) is 95.6 Å². The van der Waals surface area contributed by atoms with E-state index < -0.39 is 35.3 Å². The topological polar surface area (TPSA) is 105 Å². The Labute approximate surface area is 249 Å². The first-order valence-corrected chi connectivity index (χ1v) is 14.5. The van der Waals surface area contributed by atoms with E-state index in [1.807, 2.05) is 69.3 Å². The molecule has 3 aromatic carbocycles. The number of amides is 2. The Bertz CT molecular complexity index is 1330. The van der Waals surface area contributed by atoms with E-state index in [0.29, 0.717) is 19.3 Å². The maximum Gasteiger partial charge on any atom is 0.304 e. The van der Waals surface area contributed by atoms with E-state index in [0.717, 1.165) is 22.3 Å². The van der Waals surface area contributed by atoms with E-state index in [-0.39, 0.29) is 18.9 Å². The number of benzene rings is 3. The Hall–Kier alpha value is -3.97. The van der Waals surface area contributed by atoms with Crippen LogP contribution in [0.25, 0.3) is 11.1 Å². The van der Waals surface area contributed by atoms with E-state index >= 15 is 0 Å². The predicted molar refractivity (Wildman–Crippen MR) is 166 cm³/mol. The summed E-state index contributed by atoms with van der Waals surface area (Å²) in [5.74, 6) is -2.59. The van der Waals surface area contributed by atoms with E-state index in [1.165, 1.54) is 5.56 Å². The van der Waals surface area contributed by atoms with E-state index in [1.54, 1.807) is 7.11 Å². The second-order valence-electron chi connectivity index (χ2n) is 11.9. The van der Waals surface area contributed by atoms with Gasteiger partial charge < -0.3 is 20.5 Å². The van der Waals surface area contributed by atoms with Crippen LogP contribution in [0.1, 0.15) is 62.8 Å². The Morgan fingerprint density at radius 3 is 2.21 bits per heavy atom. The number of nitrogens with one attached hydrogen (secondary N) is 2. The van der Waals surface area contributed by atoms with Crippen LogP contribution >= 0.6 is 0 Å². The van der Waals surface area contributed by atoms with Gasteiger partial charge in [-0.3, -0.25) is 14.4 Å². The summed E-state index contributed by atoms with van der Waals surface area (Å²) in [5.41, 5.74) is 4.86. The fourth-order valence-electron chi connectivity index (χ4n) is 5.17. The molecule has 0 saturated carbocycles. The van der Waals surface area contributed by atoms with Crippen molar-refractivity contribution in [2.75, 3.05) is 13.7 Å². The first-order valence-electron chi connectivity index (χ1n) is 14.5. The summed E-state index contributed by atoms with van der Waals surface area (Å²) < 4.78 is 5.34. The van der Waals surface area contributed by atoms with Crippen LogP contribution in [-0.4, -0.2) is 42.6 Å². The number of carboxylic acids is 1. The lowest BCUT2D eigenvalue weighted by molar-refractivity contribution is -0.142. The average Bonchev–Trinajstić information content (AvgIpc) is 2.95. The average molecular weight is 573 g/mol. The lowest BCUT2D eigenvalue weighted by Gasteiger charge is -2.33. The SMILES string of the molecule is COCC(NC(=O)C(NC(=O)C(CCCc1ccccc1-c1cccc(C)c1)CC(=O)O)C(C)(C)C)c1ccccc1. The summed E-state index contributed by atoms with van der Waals surface area (Å²) in [5, 5.41) is 15.5. The van der Waals surface area contributed by atoms with Crippen LogP contribution in [0.5, 0.6) is 0 Å². The van der Waals surface area contributed by atoms with Gasteiger partial charge >= 0.3 is 5.97 Å². The van der Waals surface area contributed by atoms with E-state index in [2.05, 4.69) is 47.9 Å². The van der Waals surface area contributed by atoms with Gasteiger partial charge in [-0.15, -0.1) is 0 Å². The number of hydrogen-bond donors (Lipinski definition) is 3. The van der Waals surface area contributed by atoms with Gasteiger partial charge in [-0.2, -0.15) is 0 Å². The molecule has 3 atom stereocenters. The second-order valence-corrected chi connectivity index (χ2v) is 11.9. The van der Waals surface area contributed by atoms with Crippen LogP contribution < -0.4 is 10.6 Å². The van der Waals surface area contributed by atoms with Gasteiger partial charge in [0.15, 0.2) is 0 Å². The molecule has 0 aliphatic heterocycles. The van der Waals surface area contributed by atoms with Gasteiger partial charge in [0.2, 0.25) is 11.8 Å². The van der Waals surface area contributed by atoms with Gasteiger partial charge in [0.1, 0.15) is 6.04 Å². The molecule has 3 aromatic rings. The standard InChI is InChI=1S/C35H44N2O5/c1-24-13-11-18-27(21-24)29-20-10-9-14-25(29)17-12-19-28(22-31(38)39)33(40)37-32(35(2,3)4)34(41)36-30(23-42-5)26-15-7-6-8-16-26/h6-11,13-16,18,20-21,28,30,32H,12,17,19,22-23H2,1-5H3,(H,36,41)(H,37,40)(H,38,39). The Kier molecular flexibility index (Phi) is 11.9. The predicted octanol–water partition coefficient (Wildman–Crippen LogP) is 6.11. The zero-order valence-corrected chi connectivity index (χ0v) is 25.4. The molecule has 0 aromatic heterocycles. The second kappa shape index (κ2) is 15.3. The molecule has 224 valence electrons. The summed E-state index contributed by atoms with van der Waals surface area (Å²) >= 11 is 0. The summed E-state index contributed by atoms with van der Waals surface area (Å²) in [6.45, 7) is 7.96. The number of carbonyl (C=O) groups is 3. The van der Waals surface area contributed by atoms with Gasteiger partial charge in [0, 0.05) is 13.0 Å². The lowest BCUT2D eigenvalue weighted by Crippen LogP contribution is -2.55. The molecule has 3 unspecified atom stereocenters. The third-order valence-electron chi connectivity index (χ3n) is 7.40. The Balaban J connectivity index is 1.72. The molecule has 3 N–H and O–H groups in total. The van der Waals surface area contributed by atoms with Crippen molar-refractivity contribution < 1.29 is 24.2 Å². The largest absolute Gasteiger partial charge is 0.481 e. The zero-order valence-electron chi connectivity index (χ0n) is 25.4. The van der Waals surface area contributed by atoms with Crippen LogP contribution in [0, 0.1) is 18.3 Å². The summed E-state index contributed by atoms with van der Waals surface area (Å²) in [6.07, 6.45) is 1.41. The number of methoxy groups -OCH3 is 1. The van der Waals surface area contributed by atoms with E-state index in [4.69, 9.17) is 4.74 Å². The Morgan fingerprint density at radius 2 is 1.57 bits per heavy atom. The molecule has 2 amide bonds. The number of hydrogen-bond acceptors (Lipinski definition) is 4. The molecule has 0 spiro atoms. The lowest BCUT2D eigenvalue weighted by atomic mass is 9.85. The van der Waals surface area contributed by atoms with Gasteiger partial charge in [-0.05, 0) is 53.9 Å². The molecular weight excluding hydrogens is 528 g/mol. The number of aliphatic carboxylic acids is 1. The van der Waals surface area contributed by atoms with Crippen molar-refractivity contribution in [2.24, 2.45) is 11.3 Å². The highest BCUT2D eigenvalue weighted by Crippen LogP contribution is 2.27. The molecule has 42 heavy (non-hydrogen) atoms. The fraction of sp³-hybridized carbons (Fsp3) is 0.400. The molecule has 0 aliphatic rings. The maximum absolute atomic E-state index is 13.5. The van der Waals surface area contributed by atoms with E-state index in [9.17, 15) is 19.5 Å². The summed E-state index contributed by atoms with van der Waals surface area (Å²) in [7, 11) is 1.57. The normalized spacial score (nSPS) is 13.5. The van der Waals surface area contributed by atoms with Crippen LogP contribution in [0.3, 0.4) is 0 Å². The molecule has 0 fully saturated rings. The van der Waals surface area contributed by atoms with Gasteiger partial charge in [0.25, 0.3) is 0 Å². The Morgan fingerprint density at radius 1 is 0.881 bits per heavy atom. The highest BCUT2D eigenvalue weighted by molar-refractivity contribution is 5.90. The van der Waals surface area contributed by atoms with Crippen LogP contribution in [0.4, 0.5) is 0 Å². The van der Waals surface area contributed by atoms with Crippen molar-refractivity contribution in [3.8, 4) is 11.1 Å². The number of carboxylic acid groups (broad SMARTS) is 1. The molecule has 0 heterocycles. The number of rotatable bonds is 14. The van der Waals surface area contributed by atoms with Crippen molar-refractivity contribution >= 4 is 17.8 Å². The van der Waals surface area contributed by atoms with Crippen molar-refractivity contribution in [3.63, 3.8) is 0 Å². The van der Waals surface area contributed by atoms with Crippen LogP contribution in [-0.2, 0) is 25.5 Å². The minimum absolute atomic E-state index is 0.270. The third-order valence-corrected chi connectivity index (χ3v) is 7.40. The number of aryl methyl sites for hydroxylation is 2. The molecule has 3 rings (SSSR count). The molecule has 0 radical (unpaired) electrons. The quantitative estimate of drug-likeness (QED) is 0.216. The first-order chi connectivity index (χ1) is 20.0. The van der Waals surface area contributed by atoms with Gasteiger partial charge in [-0.25, -0.2) is 0 Å². The van der Waals surface area contributed by atoms with Crippen LogP contribution in [0.15, 0.2) is 78.9 Å². The zero-order chi connectivity index (χ0) is 30.7. The molecule has 0 aliphatic carbocycles. The highest BCUT2D eigenvalue weighted by atomic mass is 16.5. The smallest absolute Gasteiger partial charge is 0.304 e. The van der Waals surface area contributed by atoms with Crippen molar-refractivity contribution in [1.82, 2.24) is 10.6 Å². The summed E-state index contributed by atoms with van der Waals surface area (Å²) in [4.78, 5) is 38.8. The van der Waals surface area contributed by atoms with Gasteiger partial charge in [0.05, 0.1) is 19.1 Å². The molecule has 0 saturated heterocycles. The first kappa shape index (κ1) is 32.5. The monoisotopic (exact) mass is 572 g/mol. The number of ether oxygens (including phenoxy) is 1. The molecule has 7 heteroatoms. The minimum atomic E-state index is -1.05. The van der Waals surface area contributed by atoms with Crippen molar-refractivity contribution in [1.29, 1.82) is 0 Å². The van der Waals surface area contributed by atoms with Crippen LogP contribution in [0.2, 0.25) is 0 Å². The molecule has 7 nitrogen and oxygen atoms in total. The van der Waals surface area contributed by atoms with Gasteiger partial charge in [-0.1, -0.05) is 105 Å². The maximum atomic E-state index is 13.5.